The number of anilines is 1. The van der Waals surface area contributed by atoms with Crippen molar-refractivity contribution in [3.63, 3.8) is 0 Å². The Balaban J connectivity index is 1.40. The number of hydrogen-bond donors (Lipinski definition) is 2. The lowest BCUT2D eigenvalue weighted by atomic mass is 9.97. The van der Waals surface area contributed by atoms with E-state index in [1.807, 2.05) is 12.1 Å². The van der Waals surface area contributed by atoms with E-state index in [-0.39, 0.29) is 0 Å². The van der Waals surface area contributed by atoms with Gasteiger partial charge in [-0.25, -0.2) is 4.79 Å². The summed E-state index contributed by atoms with van der Waals surface area (Å²) in [5, 5.41) is 0. The van der Waals surface area contributed by atoms with Crippen molar-refractivity contribution >= 4 is 23.5 Å². The van der Waals surface area contributed by atoms with Crippen LogP contribution in [-0.4, -0.2) is 64.9 Å². The van der Waals surface area contributed by atoms with Crippen molar-refractivity contribution in [1.29, 1.82) is 0 Å². The summed E-state index contributed by atoms with van der Waals surface area (Å²) in [6.07, 6.45) is 4.21. The number of carbonyl (C=O) groups excluding carboxylic acids is 3. The van der Waals surface area contributed by atoms with E-state index in [4.69, 9.17) is 9.47 Å². The highest BCUT2D eigenvalue weighted by Crippen LogP contribution is 2.24. The van der Waals surface area contributed by atoms with E-state index in [1.54, 1.807) is 19.2 Å². The number of hydrogen-bond acceptors (Lipinski definition) is 7. The third kappa shape index (κ3) is 8.07. The molecule has 0 atom stereocenters. The van der Waals surface area contributed by atoms with Crippen LogP contribution in [0, 0.1) is 5.92 Å². The van der Waals surface area contributed by atoms with Crippen LogP contribution in [0.2, 0.25) is 0 Å². The van der Waals surface area contributed by atoms with E-state index in [0.29, 0.717) is 22.6 Å². The number of rotatable bonds is 11. The highest BCUT2D eigenvalue weighted by molar-refractivity contribution is 5.99. The summed E-state index contributed by atoms with van der Waals surface area (Å²) in [7, 11) is 3.01. The van der Waals surface area contributed by atoms with Crippen molar-refractivity contribution in [2.45, 2.75) is 25.7 Å². The number of nitrogens with zero attached hydrogens (tertiary/aromatic N) is 1. The molecule has 0 bridgehead atoms. The van der Waals surface area contributed by atoms with Crippen molar-refractivity contribution in [2.24, 2.45) is 5.92 Å². The van der Waals surface area contributed by atoms with Crippen LogP contribution in [0.25, 0.3) is 0 Å². The van der Waals surface area contributed by atoms with Gasteiger partial charge in [-0.2, -0.15) is 0 Å². The Kier molecular flexibility index (Phi) is 10.7. The largest absolute Gasteiger partial charge is 0.465 e. The number of amides is 2. The summed E-state index contributed by atoms with van der Waals surface area (Å²) in [6, 6.07) is 13.3. The zero-order chi connectivity index (χ0) is 25.8. The Morgan fingerprint density at radius 3 is 1.89 bits per heavy atom. The predicted molar refractivity (Wildman–Crippen MR) is 136 cm³/mol. The van der Waals surface area contributed by atoms with Gasteiger partial charge in [0.1, 0.15) is 0 Å². The summed E-state index contributed by atoms with van der Waals surface area (Å²) in [6.45, 7) is 4.28. The second kappa shape index (κ2) is 14.2. The lowest BCUT2D eigenvalue weighted by molar-refractivity contribution is 0.0600. The fourth-order valence-corrected chi connectivity index (χ4v) is 4.02. The Morgan fingerprint density at radius 2 is 1.33 bits per heavy atom. The molecule has 9 nitrogen and oxygen atoms in total. The van der Waals surface area contributed by atoms with Crippen LogP contribution < -0.4 is 15.8 Å². The fraction of sp³-hybridized carbons (Fsp3) is 0.444. The van der Waals surface area contributed by atoms with Gasteiger partial charge in [-0.15, -0.1) is 0 Å². The quantitative estimate of drug-likeness (QED) is 0.279. The highest BCUT2D eigenvalue weighted by Gasteiger charge is 2.20. The van der Waals surface area contributed by atoms with Crippen LogP contribution in [0.15, 0.2) is 48.5 Å². The summed E-state index contributed by atoms with van der Waals surface area (Å²) in [5.74, 6) is -0.809. The summed E-state index contributed by atoms with van der Waals surface area (Å²) >= 11 is 0. The van der Waals surface area contributed by atoms with Crippen LogP contribution in [0.1, 0.15) is 56.8 Å². The summed E-state index contributed by atoms with van der Waals surface area (Å²) < 4.78 is 15.5. The number of nitrogens with one attached hydrogen (secondary N) is 2. The number of carbonyl (C=O) groups is 3. The smallest absolute Gasteiger partial charge is 0.337 e. The lowest BCUT2D eigenvalue weighted by Crippen LogP contribution is -2.41. The molecule has 0 saturated carbocycles. The summed E-state index contributed by atoms with van der Waals surface area (Å²) in [5.41, 5.74) is 6.96. The van der Waals surface area contributed by atoms with Gasteiger partial charge in [-0.1, -0.05) is 0 Å². The zero-order valence-electron chi connectivity index (χ0n) is 21.0. The Hall–Kier alpha value is -3.43. The molecule has 2 amide bonds. The van der Waals surface area contributed by atoms with Crippen LogP contribution in [0.3, 0.4) is 0 Å². The normalized spacial score (nSPS) is 13.8. The molecular formula is C27H35N3O6. The first-order valence-corrected chi connectivity index (χ1v) is 12.2. The Morgan fingerprint density at radius 1 is 0.806 bits per heavy atom. The molecule has 0 radical (unpaired) electrons. The van der Waals surface area contributed by atoms with Gasteiger partial charge >= 0.3 is 5.97 Å². The van der Waals surface area contributed by atoms with Gasteiger partial charge in [0.15, 0.2) is 0 Å². The number of unbranched alkanes of at least 4 members (excludes halogenated alkanes) is 1. The van der Waals surface area contributed by atoms with E-state index in [0.717, 1.165) is 64.3 Å². The number of methoxy groups -OCH3 is 2. The molecule has 1 heterocycles. The number of benzene rings is 2. The molecule has 0 spiro atoms. The van der Waals surface area contributed by atoms with Crippen LogP contribution in [0.5, 0.6) is 0 Å². The van der Waals surface area contributed by atoms with E-state index in [9.17, 15) is 14.4 Å². The molecule has 9 heteroatoms. The Bertz CT molecular complexity index is 986. The van der Waals surface area contributed by atoms with Crippen molar-refractivity contribution < 1.29 is 28.6 Å². The first kappa shape index (κ1) is 27.2. The van der Waals surface area contributed by atoms with Crippen molar-refractivity contribution in [1.82, 2.24) is 10.9 Å². The molecule has 1 aliphatic heterocycles. The van der Waals surface area contributed by atoms with Crippen molar-refractivity contribution in [2.75, 3.05) is 52.0 Å². The molecule has 0 aliphatic carbocycles. The second-order valence-electron chi connectivity index (χ2n) is 8.73. The number of hydrazine groups is 1. The molecular weight excluding hydrogens is 462 g/mol. The second-order valence-corrected chi connectivity index (χ2v) is 8.73. The maximum Gasteiger partial charge on any atom is 0.337 e. The standard InChI is InChI=1S/C27H35N3O6/c1-34-17-3-4-18-36-19-20-13-15-30(16-14-20)24-11-9-22(10-12-24)26(32)29-28-25(31)21-5-7-23(8-6-21)27(33)35-2/h5-12,20H,3-4,13-19H2,1-2H3,(H,28,31)(H,29,32). The van der Waals surface area contributed by atoms with Gasteiger partial charge in [0.25, 0.3) is 11.8 Å². The zero-order valence-corrected chi connectivity index (χ0v) is 21.0. The van der Waals surface area contributed by atoms with Gasteiger partial charge in [-0.05, 0) is 80.1 Å². The number of piperidine rings is 1. The van der Waals surface area contributed by atoms with E-state index < -0.39 is 17.8 Å². The molecule has 2 N–H and O–H groups in total. The topological polar surface area (TPSA) is 106 Å². The van der Waals surface area contributed by atoms with E-state index >= 15 is 0 Å². The third-order valence-corrected chi connectivity index (χ3v) is 6.21. The molecule has 36 heavy (non-hydrogen) atoms. The Labute approximate surface area is 212 Å². The van der Waals surface area contributed by atoms with E-state index in [1.165, 1.54) is 31.4 Å². The van der Waals surface area contributed by atoms with Crippen LogP contribution in [-0.2, 0) is 14.2 Å². The van der Waals surface area contributed by atoms with Gasteiger partial charge in [0, 0.05) is 56.8 Å². The average molecular weight is 498 g/mol. The molecule has 0 aromatic heterocycles. The summed E-state index contributed by atoms with van der Waals surface area (Å²) in [4.78, 5) is 38.5. The van der Waals surface area contributed by atoms with Crippen molar-refractivity contribution in [3.8, 4) is 0 Å². The molecule has 1 aliphatic rings. The SMILES string of the molecule is COCCCCOCC1CCN(c2ccc(C(=O)NNC(=O)c3ccc(C(=O)OC)cc3)cc2)CC1. The highest BCUT2D eigenvalue weighted by atomic mass is 16.5. The predicted octanol–water partition coefficient (Wildman–Crippen LogP) is 3.21. The maximum atomic E-state index is 12.5. The van der Waals surface area contributed by atoms with Gasteiger partial charge in [0.05, 0.1) is 12.7 Å². The van der Waals surface area contributed by atoms with E-state index in [2.05, 4.69) is 20.5 Å². The molecule has 2 aromatic carbocycles. The van der Waals surface area contributed by atoms with Gasteiger partial charge < -0.3 is 19.1 Å². The lowest BCUT2D eigenvalue weighted by Gasteiger charge is -2.33. The average Bonchev–Trinajstić information content (AvgIpc) is 2.93. The minimum Gasteiger partial charge on any atom is -0.465 e. The maximum absolute atomic E-state index is 12.5. The van der Waals surface area contributed by atoms with Crippen LogP contribution >= 0.6 is 0 Å². The number of esters is 1. The first-order chi connectivity index (χ1) is 17.5. The minimum atomic E-state index is -0.488. The molecule has 1 saturated heterocycles. The van der Waals surface area contributed by atoms with Crippen LogP contribution in [0.4, 0.5) is 5.69 Å². The third-order valence-electron chi connectivity index (χ3n) is 6.21. The molecule has 194 valence electrons. The minimum absolute atomic E-state index is 0.304. The van der Waals surface area contributed by atoms with Crippen molar-refractivity contribution in [3.05, 3.63) is 65.2 Å². The molecule has 0 unspecified atom stereocenters. The first-order valence-electron chi connectivity index (χ1n) is 12.2. The van der Waals surface area contributed by atoms with Gasteiger partial charge in [-0.3, -0.25) is 20.4 Å². The molecule has 3 rings (SSSR count). The van der Waals surface area contributed by atoms with Gasteiger partial charge in [0.2, 0.25) is 0 Å². The fourth-order valence-electron chi connectivity index (χ4n) is 4.02. The molecule has 2 aromatic rings. The number of ether oxygens (including phenoxy) is 3. The molecule has 1 fully saturated rings. The monoisotopic (exact) mass is 497 g/mol.